The Morgan fingerprint density at radius 3 is 2.84 bits per heavy atom. The highest BCUT2D eigenvalue weighted by Crippen LogP contribution is 2.21. The van der Waals surface area contributed by atoms with Gasteiger partial charge < -0.3 is 15.0 Å². The number of likely N-dealkylation sites (tertiary alicyclic amines) is 1. The van der Waals surface area contributed by atoms with Crippen molar-refractivity contribution in [1.82, 2.24) is 29.6 Å². The average molecular weight is 439 g/mol. The molecule has 1 fully saturated rings. The Morgan fingerprint density at radius 2 is 2.09 bits per heavy atom. The molecule has 0 aliphatic carbocycles. The van der Waals surface area contributed by atoms with E-state index in [1.54, 1.807) is 13.2 Å². The van der Waals surface area contributed by atoms with Gasteiger partial charge in [-0.3, -0.25) is 9.59 Å². The number of carbonyl (C=O) groups excluding carboxylic acids is 1. The lowest BCUT2D eigenvalue weighted by molar-refractivity contribution is -0.121. The molecule has 4 rings (SSSR count). The van der Waals surface area contributed by atoms with E-state index in [1.807, 2.05) is 24.3 Å². The van der Waals surface area contributed by atoms with E-state index in [1.165, 1.54) is 28.4 Å². The van der Waals surface area contributed by atoms with Crippen molar-refractivity contribution >= 4 is 11.4 Å². The summed E-state index contributed by atoms with van der Waals surface area (Å²) in [6.07, 6.45) is 4.90. The Kier molecular flexibility index (Phi) is 6.84. The molecule has 32 heavy (non-hydrogen) atoms. The highest BCUT2D eigenvalue weighted by Gasteiger charge is 2.16. The van der Waals surface area contributed by atoms with Gasteiger partial charge >= 0.3 is 0 Å². The minimum absolute atomic E-state index is 0.112. The number of aromatic nitrogens is 4. The molecule has 0 unspecified atom stereocenters. The number of hydrogen-bond donors (Lipinski definition) is 1. The molecule has 1 saturated heterocycles. The highest BCUT2D eigenvalue weighted by molar-refractivity contribution is 5.75. The SMILES string of the molecule is COc1ccc(-c2cc3c(=O)n(CC(=O)NCCCN4CCC[C@H](C)C4)ncn3n2)cc1. The first-order valence-electron chi connectivity index (χ1n) is 11.1. The number of rotatable bonds is 8. The Labute approximate surface area is 187 Å². The Balaban J connectivity index is 1.35. The second-order valence-electron chi connectivity index (χ2n) is 8.43. The van der Waals surface area contributed by atoms with Gasteiger partial charge in [0, 0.05) is 18.7 Å². The van der Waals surface area contributed by atoms with Crippen LogP contribution in [0.25, 0.3) is 16.8 Å². The predicted octanol–water partition coefficient (Wildman–Crippen LogP) is 1.80. The largest absolute Gasteiger partial charge is 0.497 e. The zero-order valence-corrected chi connectivity index (χ0v) is 18.7. The van der Waals surface area contributed by atoms with Gasteiger partial charge in [-0.1, -0.05) is 6.92 Å². The third-order valence-electron chi connectivity index (χ3n) is 5.88. The van der Waals surface area contributed by atoms with Crippen LogP contribution < -0.4 is 15.6 Å². The molecule has 2 aromatic heterocycles. The van der Waals surface area contributed by atoms with Crippen LogP contribution in [0.5, 0.6) is 5.75 Å². The molecule has 0 bridgehead atoms. The maximum atomic E-state index is 12.8. The second kappa shape index (κ2) is 9.95. The summed E-state index contributed by atoms with van der Waals surface area (Å²) < 4.78 is 7.79. The first kappa shape index (κ1) is 22.0. The van der Waals surface area contributed by atoms with Gasteiger partial charge in [-0.05, 0) is 68.6 Å². The van der Waals surface area contributed by atoms with Crippen LogP contribution in [0.4, 0.5) is 0 Å². The molecule has 1 aromatic carbocycles. The topological polar surface area (TPSA) is 93.8 Å². The van der Waals surface area contributed by atoms with Crippen molar-refractivity contribution in [2.75, 3.05) is 33.3 Å². The Morgan fingerprint density at radius 1 is 1.28 bits per heavy atom. The van der Waals surface area contributed by atoms with E-state index in [9.17, 15) is 9.59 Å². The lowest BCUT2D eigenvalue weighted by Gasteiger charge is -2.30. The van der Waals surface area contributed by atoms with E-state index >= 15 is 0 Å². The minimum atomic E-state index is -0.350. The van der Waals surface area contributed by atoms with Crippen molar-refractivity contribution < 1.29 is 9.53 Å². The second-order valence-corrected chi connectivity index (χ2v) is 8.43. The number of nitrogens with zero attached hydrogens (tertiary/aromatic N) is 5. The molecule has 170 valence electrons. The van der Waals surface area contributed by atoms with Gasteiger partial charge in [0.25, 0.3) is 5.56 Å². The zero-order chi connectivity index (χ0) is 22.5. The lowest BCUT2D eigenvalue weighted by atomic mass is 10.0. The van der Waals surface area contributed by atoms with Crippen molar-refractivity contribution in [3.05, 3.63) is 47.0 Å². The van der Waals surface area contributed by atoms with Gasteiger partial charge in [-0.15, -0.1) is 0 Å². The number of hydrogen-bond acceptors (Lipinski definition) is 6. The zero-order valence-electron chi connectivity index (χ0n) is 18.7. The summed E-state index contributed by atoms with van der Waals surface area (Å²) in [4.78, 5) is 27.6. The van der Waals surface area contributed by atoms with Crippen molar-refractivity contribution in [2.24, 2.45) is 5.92 Å². The van der Waals surface area contributed by atoms with Crippen LogP contribution in [-0.4, -0.2) is 63.5 Å². The third kappa shape index (κ3) is 5.16. The first-order chi connectivity index (χ1) is 15.5. The number of fused-ring (bicyclic) bond motifs is 1. The van der Waals surface area contributed by atoms with Crippen LogP contribution in [0.15, 0.2) is 41.5 Å². The fourth-order valence-corrected chi connectivity index (χ4v) is 4.17. The molecule has 0 spiro atoms. The van der Waals surface area contributed by atoms with E-state index in [0.717, 1.165) is 43.3 Å². The normalized spacial score (nSPS) is 16.9. The summed E-state index contributed by atoms with van der Waals surface area (Å²) in [7, 11) is 1.61. The summed E-state index contributed by atoms with van der Waals surface area (Å²) >= 11 is 0. The maximum absolute atomic E-state index is 12.8. The molecule has 1 atom stereocenters. The van der Waals surface area contributed by atoms with E-state index < -0.39 is 0 Å². The Bertz CT molecular complexity index is 1120. The number of nitrogens with one attached hydrogen (secondary N) is 1. The number of ether oxygens (including phenoxy) is 1. The molecule has 1 amide bonds. The lowest BCUT2D eigenvalue weighted by Crippen LogP contribution is -2.38. The molecule has 3 heterocycles. The van der Waals surface area contributed by atoms with E-state index in [0.29, 0.717) is 17.8 Å². The van der Waals surface area contributed by atoms with Gasteiger partial charge in [0.2, 0.25) is 5.91 Å². The molecule has 0 saturated carbocycles. The van der Waals surface area contributed by atoms with Crippen LogP contribution in [0.1, 0.15) is 26.2 Å². The fourth-order valence-electron chi connectivity index (χ4n) is 4.17. The van der Waals surface area contributed by atoms with Gasteiger partial charge in [0.15, 0.2) is 0 Å². The average Bonchev–Trinajstić information content (AvgIpc) is 3.24. The minimum Gasteiger partial charge on any atom is -0.497 e. The van der Waals surface area contributed by atoms with Crippen molar-refractivity contribution in [2.45, 2.75) is 32.7 Å². The van der Waals surface area contributed by atoms with Gasteiger partial charge in [-0.25, -0.2) is 9.20 Å². The summed E-state index contributed by atoms with van der Waals surface area (Å²) in [5, 5.41) is 11.4. The number of methoxy groups -OCH3 is 1. The molecule has 1 aliphatic rings. The number of amides is 1. The van der Waals surface area contributed by atoms with Crippen LogP contribution >= 0.6 is 0 Å². The first-order valence-corrected chi connectivity index (χ1v) is 11.1. The van der Waals surface area contributed by atoms with Crippen LogP contribution in [0.3, 0.4) is 0 Å². The number of piperidine rings is 1. The molecule has 9 nitrogen and oxygen atoms in total. The van der Waals surface area contributed by atoms with E-state index in [4.69, 9.17) is 4.74 Å². The third-order valence-corrected chi connectivity index (χ3v) is 5.88. The molecule has 3 aromatic rings. The van der Waals surface area contributed by atoms with Crippen molar-refractivity contribution in [3.8, 4) is 17.0 Å². The van der Waals surface area contributed by atoms with Crippen LogP contribution in [0.2, 0.25) is 0 Å². The number of carbonyl (C=O) groups is 1. The molecular weight excluding hydrogens is 408 g/mol. The molecular formula is C23H30N6O3. The van der Waals surface area contributed by atoms with Gasteiger partial charge in [0.05, 0.1) is 12.8 Å². The maximum Gasteiger partial charge on any atom is 0.293 e. The summed E-state index contributed by atoms with van der Waals surface area (Å²) in [6, 6.07) is 9.15. The van der Waals surface area contributed by atoms with Gasteiger partial charge in [-0.2, -0.15) is 10.2 Å². The molecule has 9 heteroatoms. The summed E-state index contributed by atoms with van der Waals surface area (Å²) in [5.41, 5.74) is 1.54. The smallest absolute Gasteiger partial charge is 0.293 e. The monoisotopic (exact) mass is 438 g/mol. The van der Waals surface area contributed by atoms with Crippen molar-refractivity contribution in [3.63, 3.8) is 0 Å². The van der Waals surface area contributed by atoms with E-state index in [-0.39, 0.29) is 18.0 Å². The fraction of sp³-hybridized carbons (Fsp3) is 0.478. The summed E-state index contributed by atoms with van der Waals surface area (Å²) in [6.45, 7) is 6.03. The molecule has 0 radical (unpaired) electrons. The highest BCUT2D eigenvalue weighted by atomic mass is 16.5. The van der Waals surface area contributed by atoms with Crippen LogP contribution in [0, 0.1) is 5.92 Å². The van der Waals surface area contributed by atoms with Crippen LogP contribution in [-0.2, 0) is 11.3 Å². The van der Waals surface area contributed by atoms with Gasteiger partial charge in [0.1, 0.15) is 24.1 Å². The molecule has 1 aliphatic heterocycles. The predicted molar refractivity (Wildman–Crippen MR) is 122 cm³/mol. The Hall–Kier alpha value is -3.20. The standard InChI is InChI=1S/C23H30N6O3/c1-17-5-3-11-27(14-17)12-4-10-24-22(30)15-28-23(31)21-13-20(26-29(21)16-25-28)18-6-8-19(32-2)9-7-18/h6-9,13,16-17H,3-5,10-12,14-15H2,1-2H3,(H,24,30)/t17-/m0/s1. The van der Waals surface area contributed by atoms with E-state index in [2.05, 4.69) is 27.3 Å². The van der Waals surface area contributed by atoms with Crippen molar-refractivity contribution in [1.29, 1.82) is 0 Å². The quantitative estimate of drug-likeness (QED) is 0.539. The summed E-state index contributed by atoms with van der Waals surface area (Å²) in [5.74, 6) is 1.28. The number of benzene rings is 1. The molecule has 1 N–H and O–H groups in total.